The second-order valence-corrected chi connectivity index (χ2v) is 6.38. The first kappa shape index (κ1) is 13.1. The molecule has 102 valence electrons. The van der Waals surface area contributed by atoms with E-state index < -0.39 is 0 Å². The van der Waals surface area contributed by atoms with E-state index in [0.29, 0.717) is 22.4 Å². The minimum atomic E-state index is -0.301. The number of Topliss-reactive ketones (excluding diaryl/α,β-unsaturated/α-hetero) is 1. The molecule has 2 aliphatic rings. The van der Waals surface area contributed by atoms with Crippen LogP contribution in [0.25, 0.3) is 0 Å². The fraction of sp³-hybridized carbons (Fsp3) is 0.533. The largest absolute Gasteiger partial charge is 0.489 e. The van der Waals surface area contributed by atoms with Crippen molar-refractivity contribution in [2.24, 2.45) is 5.41 Å². The number of ether oxygens (including phenoxy) is 1. The van der Waals surface area contributed by atoms with Crippen LogP contribution in [0.2, 0.25) is 0 Å². The van der Waals surface area contributed by atoms with Gasteiger partial charge in [0.15, 0.2) is 0 Å². The Labute approximate surface area is 120 Å². The molecule has 1 atom stereocenters. The summed E-state index contributed by atoms with van der Waals surface area (Å²) in [4.78, 5) is 12.0. The fourth-order valence-electron chi connectivity index (χ4n) is 3.27. The third-order valence-electron chi connectivity index (χ3n) is 4.46. The van der Waals surface area contributed by atoms with Crippen molar-refractivity contribution in [3.8, 4) is 5.75 Å². The predicted molar refractivity (Wildman–Crippen MR) is 73.7 cm³/mol. The van der Waals surface area contributed by atoms with Crippen LogP contribution >= 0.6 is 15.9 Å². The van der Waals surface area contributed by atoms with E-state index in [4.69, 9.17) is 4.74 Å². The molecule has 1 unspecified atom stereocenters. The number of hydrogen-bond donors (Lipinski definition) is 0. The fourth-order valence-corrected chi connectivity index (χ4v) is 3.63. The van der Waals surface area contributed by atoms with Gasteiger partial charge in [0.05, 0.1) is 9.89 Å². The summed E-state index contributed by atoms with van der Waals surface area (Å²) in [7, 11) is 0. The smallest absolute Gasteiger partial charge is 0.146 e. The van der Waals surface area contributed by atoms with Crippen molar-refractivity contribution >= 4 is 21.7 Å². The number of hydrogen-bond acceptors (Lipinski definition) is 2. The highest BCUT2D eigenvalue weighted by Crippen LogP contribution is 2.50. The molecule has 4 heteroatoms. The maximum atomic E-state index is 13.2. The number of halogens is 2. The van der Waals surface area contributed by atoms with E-state index in [1.165, 1.54) is 12.5 Å². The number of rotatable bonds is 2. The molecule has 1 spiro atoms. The topological polar surface area (TPSA) is 26.3 Å². The first-order valence-corrected chi connectivity index (χ1v) is 7.56. The van der Waals surface area contributed by atoms with Gasteiger partial charge in [0.1, 0.15) is 23.5 Å². The van der Waals surface area contributed by atoms with Gasteiger partial charge in [-0.15, -0.1) is 0 Å². The van der Waals surface area contributed by atoms with Gasteiger partial charge in [0.25, 0.3) is 0 Å². The average molecular weight is 327 g/mol. The molecule has 2 saturated carbocycles. The van der Waals surface area contributed by atoms with E-state index in [1.54, 1.807) is 12.1 Å². The second kappa shape index (κ2) is 4.89. The summed E-state index contributed by atoms with van der Waals surface area (Å²) in [6.45, 7) is 0. The van der Waals surface area contributed by atoms with Gasteiger partial charge in [-0.3, -0.25) is 4.79 Å². The first-order chi connectivity index (χ1) is 9.12. The molecule has 0 N–H and O–H groups in total. The van der Waals surface area contributed by atoms with Crippen molar-refractivity contribution in [3.05, 3.63) is 28.5 Å². The Balaban J connectivity index is 1.76. The van der Waals surface area contributed by atoms with E-state index >= 15 is 0 Å². The number of carbonyl (C=O) groups is 1. The summed E-state index contributed by atoms with van der Waals surface area (Å²) in [5, 5.41) is 0. The molecule has 0 bridgehead atoms. The molecular weight excluding hydrogens is 311 g/mol. The number of carbonyl (C=O) groups excluding carboxylic acids is 1. The van der Waals surface area contributed by atoms with Crippen molar-refractivity contribution in [1.82, 2.24) is 0 Å². The summed E-state index contributed by atoms with van der Waals surface area (Å²) in [6.07, 6.45) is 5.78. The Morgan fingerprint density at radius 1 is 1.26 bits per heavy atom. The Bertz CT molecular complexity index is 509. The minimum Gasteiger partial charge on any atom is -0.489 e. The molecule has 2 aliphatic carbocycles. The van der Waals surface area contributed by atoms with E-state index in [2.05, 4.69) is 15.9 Å². The van der Waals surface area contributed by atoms with Crippen LogP contribution in [-0.4, -0.2) is 11.9 Å². The monoisotopic (exact) mass is 326 g/mol. The van der Waals surface area contributed by atoms with Crippen LogP contribution in [0.5, 0.6) is 5.75 Å². The molecule has 2 nitrogen and oxygen atoms in total. The molecule has 1 aromatic carbocycles. The van der Waals surface area contributed by atoms with Gasteiger partial charge in [0.2, 0.25) is 0 Å². The maximum Gasteiger partial charge on any atom is 0.146 e. The average Bonchev–Trinajstić information content (AvgIpc) is 2.43. The summed E-state index contributed by atoms with van der Waals surface area (Å²) >= 11 is 3.15. The van der Waals surface area contributed by atoms with Gasteiger partial charge < -0.3 is 4.74 Å². The number of ketones is 1. The van der Waals surface area contributed by atoms with Gasteiger partial charge in [-0.2, -0.15) is 0 Å². The van der Waals surface area contributed by atoms with Crippen molar-refractivity contribution in [2.75, 3.05) is 0 Å². The molecule has 0 radical (unpaired) electrons. The SMILES string of the molecule is O=C1CC(Oc2ccc(F)c(Br)c2)C12CCCCC2. The summed E-state index contributed by atoms with van der Waals surface area (Å²) < 4.78 is 19.5. The van der Waals surface area contributed by atoms with Crippen LogP contribution in [0.15, 0.2) is 22.7 Å². The molecule has 0 amide bonds. The molecule has 0 heterocycles. The molecule has 2 fully saturated rings. The lowest BCUT2D eigenvalue weighted by Crippen LogP contribution is -2.57. The highest BCUT2D eigenvalue weighted by atomic mass is 79.9. The normalized spacial score (nSPS) is 25.2. The van der Waals surface area contributed by atoms with Crippen LogP contribution in [0.3, 0.4) is 0 Å². The highest BCUT2D eigenvalue weighted by Gasteiger charge is 2.56. The number of benzene rings is 1. The lowest BCUT2D eigenvalue weighted by Gasteiger charge is -2.49. The third kappa shape index (κ3) is 2.20. The van der Waals surface area contributed by atoms with Crippen molar-refractivity contribution < 1.29 is 13.9 Å². The lowest BCUT2D eigenvalue weighted by atomic mass is 9.57. The molecule has 0 aliphatic heterocycles. The van der Waals surface area contributed by atoms with E-state index in [0.717, 1.165) is 25.7 Å². The van der Waals surface area contributed by atoms with Crippen molar-refractivity contribution in [3.63, 3.8) is 0 Å². The van der Waals surface area contributed by atoms with Gasteiger partial charge >= 0.3 is 0 Å². The Morgan fingerprint density at radius 2 is 2.00 bits per heavy atom. The van der Waals surface area contributed by atoms with Gasteiger partial charge in [-0.1, -0.05) is 19.3 Å². The highest BCUT2D eigenvalue weighted by molar-refractivity contribution is 9.10. The zero-order chi connectivity index (χ0) is 13.5. The minimum absolute atomic E-state index is 0.0299. The van der Waals surface area contributed by atoms with Crippen LogP contribution < -0.4 is 4.74 Å². The Morgan fingerprint density at radius 3 is 2.63 bits per heavy atom. The van der Waals surface area contributed by atoms with Gasteiger partial charge in [0, 0.05) is 6.42 Å². The predicted octanol–water partition coefficient (Wildman–Crippen LogP) is 4.26. The third-order valence-corrected chi connectivity index (χ3v) is 5.07. The Kier molecular flexibility index (Phi) is 3.37. The molecular formula is C15H16BrFO2. The van der Waals surface area contributed by atoms with E-state index in [-0.39, 0.29) is 17.3 Å². The molecule has 0 aromatic heterocycles. The molecule has 19 heavy (non-hydrogen) atoms. The maximum absolute atomic E-state index is 13.2. The molecule has 0 saturated heterocycles. The zero-order valence-electron chi connectivity index (χ0n) is 10.6. The molecule has 1 aromatic rings. The van der Waals surface area contributed by atoms with Gasteiger partial charge in [-0.25, -0.2) is 4.39 Å². The van der Waals surface area contributed by atoms with Crippen LogP contribution in [0.4, 0.5) is 4.39 Å². The van der Waals surface area contributed by atoms with Crippen LogP contribution in [-0.2, 0) is 4.79 Å². The first-order valence-electron chi connectivity index (χ1n) is 6.77. The standard InChI is InChI=1S/C15H16BrFO2/c16-11-8-10(4-5-12(11)17)19-14-9-13(18)15(14)6-2-1-3-7-15/h4-5,8,14H,1-3,6-7,9H2. The quantitative estimate of drug-likeness (QED) is 0.811. The Hall–Kier alpha value is -0.900. The summed E-state index contributed by atoms with van der Waals surface area (Å²) in [6, 6.07) is 4.64. The second-order valence-electron chi connectivity index (χ2n) is 5.53. The van der Waals surface area contributed by atoms with Gasteiger partial charge in [-0.05, 0) is 47.0 Å². The van der Waals surface area contributed by atoms with Crippen LogP contribution in [0.1, 0.15) is 38.5 Å². The van der Waals surface area contributed by atoms with Crippen molar-refractivity contribution in [1.29, 1.82) is 0 Å². The summed E-state index contributed by atoms with van der Waals surface area (Å²) in [5.41, 5.74) is -0.251. The van der Waals surface area contributed by atoms with Crippen molar-refractivity contribution in [2.45, 2.75) is 44.6 Å². The van der Waals surface area contributed by atoms with E-state index in [1.807, 2.05) is 0 Å². The lowest BCUT2D eigenvalue weighted by molar-refractivity contribution is -0.156. The zero-order valence-corrected chi connectivity index (χ0v) is 12.2. The summed E-state index contributed by atoms with van der Waals surface area (Å²) in [5.74, 6) is 0.679. The van der Waals surface area contributed by atoms with E-state index in [9.17, 15) is 9.18 Å². The van der Waals surface area contributed by atoms with Crippen LogP contribution in [0, 0.1) is 11.2 Å². The molecule has 3 rings (SSSR count).